The zero-order valence-corrected chi connectivity index (χ0v) is 12.0. The number of rotatable bonds is 10. The molecule has 1 fully saturated rings. The fraction of sp³-hybridized carbons (Fsp3) is 1.00. The van der Waals surface area contributed by atoms with Crippen LogP contribution in [0.4, 0.5) is 0 Å². The average Bonchev–Trinajstić information content (AvgIpc) is 2.82. The van der Waals surface area contributed by atoms with E-state index < -0.39 is 0 Å². The summed E-state index contributed by atoms with van der Waals surface area (Å²) in [6.45, 7) is 3.22. The van der Waals surface area contributed by atoms with Crippen LogP contribution in [-0.2, 0) is 0 Å². The predicted octanol–water partition coefficient (Wildman–Crippen LogP) is 5.04. The molecule has 1 aliphatic carbocycles. The van der Waals surface area contributed by atoms with Gasteiger partial charge in [-0.3, -0.25) is 0 Å². The van der Waals surface area contributed by atoms with Gasteiger partial charge >= 0.3 is 0 Å². The first-order chi connectivity index (χ1) is 8.33. The minimum Gasteiger partial charge on any atom is -0.330 e. The molecule has 0 saturated heterocycles. The molecule has 1 heteroatoms. The zero-order valence-electron chi connectivity index (χ0n) is 12.0. The lowest BCUT2D eigenvalue weighted by Gasteiger charge is -2.27. The quantitative estimate of drug-likeness (QED) is 0.531. The van der Waals surface area contributed by atoms with E-state index in [4.69, 9.17) is 5.73 Å². The van der Waals surface area contributed by atoms with Crippen LogP contribution in [0.5, 0.6) is 0 Å². The first kappa shape index (κ1) is 15.0. The lowest BCUT2D eigenvalue weighted by atomic mass is 9.81. The lowest BCUT2D eigenvalue weighted by Crippen LogP contribution is -2.27. The van der Waals surface area contributed by atoms with Crippen LogP contribution in [0.2, 0.25) is 0 Å². The molecular weight excluding hydrogens is 206 g/mol. The Morgan fingerprint density at radius 2 is 1.35 bits per heavy atom. The molecule has 2 N–H and O–H groups in total. The molecule has 0 amide bonds. The Labute approximate surface area is 109 Å². The van der Waals surface area contributed by atoms with Gasteiger partial charge in [-0.25, -0.2) is 0 Å². The summed E-state index contributed by atoms with van der Waals surface area (Å²) in [5.74, 6) is 0. The SMILES string of the molecule is CCCCCCCCCCC1(CN)CCCC1. The van der Waals surface area contributed by atoms with Crippen molar-refractivity contribution < 1.29 is 0 Å². The molecule has 1 aliphatic rings. The van der Waals surface area contributed by atoms with E-state index in [1.54, 1.807) is 0 Å². The van der Waals surface area contributed by atoms with Crippen molar-refractivity contribution in [2.45, 2.75) is 90.4 Å². The Bertz CT molecular complexity index is 170. The van der Waals surface area contributed by atoms with Crippen LogP contribution in [0.3, 0.4) is 0 Å². The summed E-state index contributed by atoms with van der Waals surface area (Å²) >= 11 is 0. The van der Waals surface area contributed by atoms with Gasteiger partial charge in [0, 0.05) is 0 Å². The highest BCUT2D eigenvalue weighted by Crippen LogP contribution is 2.41. The van der Waals surface area contributed by atoms with Crippen molar-refractivity contribution in [3.05, 3.63) is 0 Å². The molecule has 1 rings (SSSR count). The van der Waals surface area contributed by atoms with E-state index in [0.29, 0.717) is 5.41 Å². The monoisotopic (exact) mass is 239 g/mol. The van der Waals surface area contributed by atoms with Crippen LogP contribution in [-0.4, -0.2) is 6.54 Å². The van der Waals surface area contributed by atoms with Gasteiger partial charge in [-0.15, -0.1) is 0 Å². The van der Waals surface area contributed by atoms with Crippen LogP contribution in [0.25, 0.3) is 0 Å². The Kier molecular flexibility index (Phi) is 7.92. The maximum Gasteiger partial charge on any atom is -0.00205 e. The molecule has 0 aromatic rings. The Morgan fingerprint density at radius 1 is 0.824 bits per heavy atom. The smallest absolute Gasteiger partial charge is 0.00205 e. The van der Waals surface area contributed by atoms with Crippen molar-refractivity contribution in [3.63, 3.8) is 0 Å². The summed E-state index contributed by atoms with van der Waals surface area (Å²) in [6, 6.07) is 0. The summed E-state index contributed by atoms with van der Waals surface area (Å²) in [6.07, 6.45) is 18.5. The fourth-order valence-electron chi connectivity index (χ4n) is 3.32. The van der Waals surface area contributed by atoms with Crippen LogP contribution >= 0.6 is 0 Å². The van der Waals surface area contributed by atoms with Crippen molar-refractivity contribution in [2.24, 2.45) is 11.1 Å². The Morgan fingerprint density at radius 3 is 1.88 bits per heavy atom. The summed E-state index contributed by atoms with van der Waals surface area (Å²) < 4.78 is 0. The third-order valence-electron chi connectivity index (χ3n) is 4.66. The highest BCUT2D eigenvalue weighted by molar-refractivity contribution is 4.85. The zero-order chi connectivity index (χ0) is 12.4. The van der Waals surface area contributed by atoms with Crippen LogP contribution < -0.4 is 5.73 Å². The van der Waals surface area contributed by atoms with Gasteiger partial charge in [0.25, 0.3) is 0 Å². The van der Waals surface area contributed by atoms with Gasteiger partial charge in [0.2, 0.25) is 0 Å². The molecule has 0 spiro atoms. The van der Waals surface area contributed by atoms with Gasteiger partial charge in [-0.05, 0) is 31.2 Å². The number of unbranched alkanes of at least 4 members (excludes halogenated alkanes) is 7. The van der Waals surface area contributed by atoms with Gasteiger partial charge in [0.15, 0.2) is 0 Å². The van der Waals surface area contributed by atoms with E-state index >= 15 is 0 Å². The first-order valence-corrected chi connectivity index (χ1v) is 8.03. The number of hydrogen-bond acceptors (Lipinski definition) is 1. The van der Waals surface area contributed by atoms with Crippen molar-refractivity contribution >= 4 is 0 Å². The molecule has 1 saturated carbocycles. The average molecular weight is 239 g/mol. The van der Waals surface area contributed by atoms with Gasteiger partial charge < -0.3 is 5.73 Å². The highest BCUT2D eigenvalue weighted by atomic mass is 14.6. The summed E-state index contributed by atoms with van der Waals surface area (Å²) in [5, 5.41) is 0. The molecule has 0 atom stereocenters. The molecule has 1 nitrogen and oxygen atoms in total. The summed E-state index contributed by atoms with van der Waals surface area (Å²) in [4.78, 5) is 0. The van der Waals surface area contributed by atoms with E-state index in [-0.39, 0.29) is 0 Å². The van der Waals surface area contributed by atoms with Gasteiger partial charge in [-0.1, -0.05) is 71.1 Å². The van der Waals surface area contributed by atoms with Gasteiger partial charge in [0.05, 0.1) is 0 Å². The van der Waals surface area contributed by atoms with Crippen molar-refractivity contribution in [1.82, 2.24) is 0 Å². The third-order valence-corrected chi connectivity index (χ3v) is 4.66. The minimum atomic E-state index is 0.558. The van der Waals surface area contributed by atoms with Crippen molar-refractivity contribution in [2.75, 3.05) is 6.54 Å². The minimum absolute atomic E-state index is 0.558. The normalized spacial score (nSPS) is 18.7. The molecule has 0 heterocycles. The largest absolute Gasteiger partial charge is 0.330 e. The molecule has 0 aliphatic heterocycles. The number of nitrogens with two attached hydrogens (primary N) is 1. The van der Waals surface area contributed by atoms with E-state index in [0.717, 1.165) is 6.54 Å². The predicted molar refractivity (Wildman–Crippen MR) is 77.2 cm³/mol. The molecular formula is C16H33N. The lowest BCUT2D eigenvalue weighted by molar-refractivity contribution is 0.271. The van der Waals surface area contributed by atoms with Crippen molar-refractivity contribution in [3.8, 4) is 0 Å². The topological polar surface area (TPSA) is 26.0 Å². The van der Waals surface area contributed by atoms with E-state index in [9.17, 15) is 0 Å². The van der Waals surface area contributed by atoms with Gasteiger partial charge in [-0.2, -0.15) is 0 Å². The molecule has 17 heavy (non-hydrogen) atoms. The second-order valence-electron chi connectivity index (χ2n) is 6.14. The number of hydrogen-bond donors (Lipinski definition) is 1. The third kappa shape index (κ3) is 5.90. The molecule has 0 aromatic carbocycles. The van der Waals surface area contributed by atoms with Crippen LogP contribution in [0.15, 0.2) is 0 Å². The Hall–Kier alpha value is -0.0400. The standard InChI is InChI=1S/C16H33N/c1-2-3-4-5-6-7-8-9-12-16(15-17)13-10-11-14-16/h2-15,17H2,1H3. The van der Waals surface area contributed by atoms with E-state index in [1.165, 1.54) is 83.5 Å². The molecule has 0 unspecified atom stereocenters. The summed E-state index contributed by atoms with van der Waals surface area (Å²) in [5.41, 5.74) is 6.52. The van der Waals surface area contributed by atoms with E-state index in [2.05, 4.69) is 6.92 Å². The van der Waals surface area contributed by atoms with Crippen LogP contribution in [0, 0.1) is 5.41 Å². The molecule has 102 valence electrons. The maximum atomic E-state index is 5.96. The fourth-order valence-corrected chi connectivity index (χ4v) is 3.32. The molecule has 0 radical (unpaired) electrons. The van der Waals surface area contributed by atoms with Gasteiger partial charge in [0.1, 0.15) is 0 Å². The molecule has 0 aromatic heterocycles. The summed E-state index contributed by atoms with van der Waals surface area (Å²) in [7, 11) is 0. The van der Waals surface area contributed by atoms with E-state index in [1.807, 2.05) is 0 Å². The second kappa shape index (κ2) is 8.97. The Balaban J connectivity index is 1.92. The first-order valence-electron chi connectivity index (χ1n) is 8.03. The van der Waals surface area contributed by atoms with Crippen LogP contribution in [0.1, 0.15) is 90.4 Å². The maximum absolute atomic E-state index is 5.96. The highest BCUT2D eigenvalue weighted by Gasteiger charge is 2.31. The second-order valence-corrected chi connectivity index (χ2v) is 6.14. The van der Waals surface area contributed by atoms with Crippen molar-refractivity contribution in [1.29, 1.82) is 0 Å². The molecule has 0 bridgehead atoms.